The van der Waals surface area contributed by atoms with Crippen molar-refractivity contribution in [1.29, 1.82) is 0 Å². The lowest BCUT2D eigenvalue weighted by atomic mass is 9.86. The molecule has 1 fully saturated rings. The zero-order chi connectivity index (χ0) is 10.0. The Morgan fingerprint density at radius 1 is 1.07 bits per heavy atom. The number of rotatable bonds is 1. The van der Waals surface area contributed by atoms with Gasteiger partial charge in [-0.1, -0.05) is 12.1 Å². The third-order valence-electron chi connectivity index (χ3n) is 2.72. The number of hydrogen-bond acceptors (Lipinski definition) is 3. The summed E-state index contributed by atoms with van der Waals surface area (Å²) in [6, 6.07) is 6.73. The fourth-order valence-corrected chi connectivity index (χ4v) is 1.77. The van der Waals surface area contributed by atoms with Gasteiger partial charge in [0.15, 0.2) is 0 Å². The number of benzene rings is 1. The van der Waals surface area contributed by atoms with Gasteiger partial charge in [0.1, 0.15) is 5.75 Å². The number of ether oxygens (including phenoxy) is 1. The van der Waals surface area contributed by atoms with Gasteiger partial charge in [0.2, 0.25) is 0 Å². The Kier molecular flexibility index (Phi) is 2.44. The molecule has 2 rings (SSSR count). The highest BCUT2D eigenvalue weighted by molar-refractivity contribution is 5.30. The van der Waals surface area contributed by atoms with Crippen LogP contribution >= 0.6 is 0 Å². The molecule has 3 heteroatoms. The summed E-state index contributed by atoms with van der Waals surface area (Å²) >= 11 is 0. The fourth-order valence-electron chi connectivity index (χ4n) is 1.77. The van der Waals surface area contributed by atoms with Crippen molar-refractivity contribution in [2.45, 2.75) is 18.4 Å². The van der Waals surface area contributed by atoms with Crippen LogP contribution in [0.3, 0.4) is 0 Å². The van der Waals surface area contributed by atoms with Crippen LogP contribution in [0.5, 0.6) is 5.75 Å². The summed E-state index contributed by atoms with van der Waals surface area (Å²) in [5.41, 5.74) is 0.0879. The Balaban J connectivity index is 2.23. The van der Waals surface area contributed by atoms with Gasteiger partial charge in [-0.05, 0) is 17.7 Å². The van der Waals surface area contributed by atoms with E-state index in [1.165, 1.54) is 0 Å². The van der Waals surface area contributed by atoms with Gasteiger partial charge in [-0.15, -0.1) is 0 Å². The van der Waals surface area contributed by atoms with Crippen LogP contribution in [0.1, 0.15) is 18.4 Å². The summed E-state index contributed by atoms with van der Waals surface area (Å²) in [5.74, 6) is 0.226. The predicted octanol–water partition coefficient (Wildman–Crippen LogP) is 1.39. The Bertz CT molecular complexity index is 299. The van der Waals surface area contributed by atoms with Crippen LogP contribution < -0.4 is 0 Å². The molecule has 1 aromatic carbocycles. The molecule has 1 aromatic rings. The standard InChI is InChI=1S/C11H14O3/c12-10-3-1-9(2-4-10)11(13)5-7-14-8-6-11/h1-4,12-13H,5-8H2. The summed E-state index contributed by atoms with van der Waals surface area (Å²) in [4.78, 5) is 0. The highest BCUT2D eigenvalue weighted by Gasteiger charge is 2.31. The van der Waals surface area contributed by atoms with Crippen LogP contribution in [-0.4, -0.2) is 23.4 Å². The third-order valence-corrected chi connectivity index (χ3v) is 2.72. The summed E-state index contributed by atoms with van der Waals surface area (Å²) in [6.07, 6.45) is 1.25. The number of aliphatic hydroxyl groups is 1. The first kappa shape index (κ1) is 9.49. The molecular formula is C11H14O3. The largest absolute Gasteiger partial charge is 0.508 e. The molecule has 14 heavy (non-hydrogen) atoms. The lowest BCUT2D eigenvalue weighted by Crippen LogP contribution is -2.33. The van der Waals surface area contributed by atoms with Gasteiger partial charge in [0, 0.05) is 26.1 Å². The van der Waals surface area contributed by atoms with Gasteiger partial charge in [0.25, 0.3) is 0 Å². The number of aromatic hydroxyl groups is 1. The van der Waals surface area contributed by atoms with E-state index in [1.54, 1.807) is 24.3 Å². The summed E-state index contributed by atoms with van der Waals surface area (Å²) in [6.45, 7) is 1.19. The Hall–Kier alpha value is -1.06. The third kappa shape index (κ3) is 1.74. The zero-order valence-corrected chi connectivity index (χ0v) is 7.94. The highest BCUT2D eigenvalue weighted by atomic mass is 16.5. The molecule has 1 heterocycles. The predicted molar refractivity (Wildman–Crippen MR) is 52.1 cm³/mol. The minimum absolute atomic E-state index is 0.226. The average molecular weight is 194 g/mol. The first-order valence-electron chi connectivity index (χ1n) is 4.80. The van der Waals surface area contributed by atoms with Crippen molar-refractivity contribution in [2.24, 2.45) is 0 Å². The maximum Gasteiger partial charge on any atom is 0.115 e. The highest BCUT2D eigenvalue weighted by Crippen LogP contribution is 2.32. The van der Waals surface area contributed by atoms with Crippen molar-refractivity contribution in [3.05, 3.63) is 29.8 Å². The Morgan fingerprint density at radius 2 is 1.64 bits per heavy atom. The van der Waals surface area contributed by atoms with Crippen molar-refractivity contribution in [1.82, 2.24) is 0 Å². The van der Waals surface area contributed by atoms with Crippen molar-refractivity contribution in [3.8, 4) is 5.75 Å². The SMILES string of the molecule is Oc1ccc(C2(O)CCOCC2)cc1. The molecule has 0 aromatic heterocycles. The van der Waals surface area contributed by atoms with Crippen LogP contribution in [0, 0.1) is 0 Å². The quantitative estimate of drug-likeness (QED) is 0.710. The van der Waals surface area contributed by atoms with Crippen molar-refractivity contribution < 1.29 is 14.9 Å². The van der Waals surface area contributed by atoms with Crippen molar-refractivity contribution in [3.63, 3.8) is 0 Å². The van der Waals surface area contributed by atoms with Crippen molar-refractivity contribution in [2.75, 3.05) is 13.2 Å². The van der Waals surface area contributed by atoms with Crippen LogP contribution in [-0.2, 0) is 10.3 Å². The maximum atomic E-state index is 10.3. The van der Waals surface area contributed by atoms with E-state index < -0.39 is 5.60 Å². The topological polar surface area (TPSA) is 49.7 Å². The summed E-state index contributed by atoms with van der Waals surface area (Å²) in [5, 5.41) is 19.4. The Morgan fingerprint density at radius 3 is 2.21 bits per heavy atom. The molecule has 0 amide bonds. The minimum atomic E-state index is -0.772. The smallest absolute Gasteiger partial charge is 0.115 e. The van der Waals surface area contributed by atoms with Crippen molar-refractivity contribution >= 4 is 0 Å². The second-order valence-corrected chi connectivity index (χ2v) is 3.69. The average Bonchev–Trinajstić information content (AvgIpc) is 2.19. The molecular weight excluding hydrogens is 180 g/mol. The van der Waals surface area contributed by atoms with Gasteiger partial charge < -0.3 is 14.9 Å². The van der Waals surface area contributed by atoms with Gasteiger partial charge in [-0.25, -0.2) is 0 Å². The molecule has 0 bridgehead atoms. The fraction of sp³-hybridized carbons (Fsp3) is 0.455. The van der Waals surface area contributed by atoms with Gasteiger partial charge in [-0.3, -0.25) is 0 Å². The van der Waals surface area contributed by atoms with Gasteiger partial charge in [-0.2, -0.15) is 0 Å². The van der Waals surface area contributed by atoms with E-state index in [1.807, 2.05) is 0 Å². The first-order chi connectivity index (χ1) is 6.71. The van der Waals surface area contributed by atoms with Crippen LogP contribution in [0.15, 0.2) is 24.3 Å². The second-order valence-electron chi connectivity index (χ2n) is 3.69. The van der Waals surface area contributed by atoms with Crippen LogP contribution in [0.4, 0.5) is 0 Å². The lowest BCUT2D eigenvalue weighted by Gasteiger charge is -2.32. The summed E-state index contributed by atoms with van der Waals surface area (Å²) in [7, 11) is 0. The number of hydrogen-bond donors (Lipinski definition) is 2. The molecule has 1 aliphatic rings. The minimum Gasteiger partial charge on any atom is -0.508 e. The normalized spacial score (nSPS) is 20.6. The molecule has 0 unspecified atom stereocenters. The van der Waals surface area contributed by atoms with E-state index in [0.29, 0.717) is 26.1 Å². The molecule has 2 N–H and O–H groups in total. The molecule has 0 spiro atoms. The van der Waals surface area contributed by atoms with Gasteiger partial charge in [0.05, 0.1) is 5.60 Å². The first-order valence-corrected chi connectivity index (χ1v) is 4.80. The van der Waals surface area contributed by atoms with E-state index in [4.69, 9.17) is 9.84 Å². The molecule has 76 valence electrons. The van der Waals surface area contributed by atoms with E-state index in [2.05, 4.69) is 0 Å². The van der Waals surface area contributed by atoms with E-state index in [-0.39, 0.29) is 5.75 Å². The van der Waals surface area contributed by atoms with Crippen LogP contribution in [0.25, 0.3) is 0 Å². The number of phenols is 1. The number of phenolic OH excluding ortho intramolecular Hbond substituents is 1. The molecule has 0 radical (unpaired) electrons. The zero-order valence-electron chi connectivity index (χ0n) is 7.94. The monoisotopic (exact) mass is 194 g/mol. The molecule has 3 nitrogen and oxygen atoms in total. The summed E-state index contributed by atoms with van der Waals surface area (Å²) < 4.78 is 5.20. The molecule has 0 saturated carbocycles. The molecule has 0 atom stereocenters. The maximum absolute atomic E-state index is 10.3. The second kappa shape index (κ2) is 3.59. The van der Waals surface area contributed by atoms with E-state index >= 15 is 0 Å². The van der Waals surface area contributed by atoms with Crippen LogP contribution in [0.2, 0.25) is 0 Å². The molecule has 0 aliphatic carbocycles. The molecule has 1 saturated heterocycles. The van der Waals surface area contributed by atoms with E-state index in [0.717, 1.165) is 5.56 Å². The molecule has 1 aliphatic heterocycles. The lowest BCUT2D eigenvalue weighted by molar-refractivity contribution is -0.0679. The van der Waals surface area contributed by atoms with Gasteiger partial charge >= 0.3 is 0 Å². The Labute approximate surface area is 83.0 Å². The van der Waals surface area contributed by atoms with E-state index in [9.17, 15) is 5.11 Å².